The maximum absolute atomic E-state index is 4.55. The van der Waals surface area contributed by atoms with E-state index in [1.807, 2.05) is 12.3 Å². The number of likely N-dealkylation sites (N-methyl/N-ethyl adjacent to an activating group) is 1. The Kier molecular flexibility index (Phi) is 6.19. The van der Waals surface area contributed by atoms with Gasteiger partial charge in [-0.25, -0.2) is 0 Å². The van der Waals surface area contributed by atoms with E-state index in [9.17, 15) is 0 Å². The summed E-state index contributed by atoms with van der Waals surface area (Å²) in [5.74, 6) is 0. The Morgan fingerprint density at radius 2 is 1.90 bits per heavy atom. The van der Waals surface area contributed by atoms with E-state index < -0.39 is 0 Å². The Labute approximate surface area is 130 Å². The fourth-order valence-electron chi connectivity index (χ4n) is 4.00. The zero-order valence-corrected chi connectivity index (χ0v) is 13.9. The minimum atomic E-state index is 0.268. The second-order valence-corrected chi connectivity index (χ2v) is 6.14. The van der Waals surface area contributed by atoms with Crippen molar-refractivity contribution in [2.75, 3.05) is 19.6 Å². The molecule has 2 heterocycles. The highest BCUT2D eigenvalue weighted by atomic mass is 15.2. The van der Waals surface area contributed by atoms with E-state index in [2.05, 4.69) is 48.1 Å². The minimum absolute atomic E-state index is 0.268. The Hall–Kier alpha value is -0.930. The summed E-state index contributed by atoms with van der Waals surface area (Å²) in [6.07, 6.45) is 8.04. The third kappa shape index (κ3) is 3.64. The number of rotatable bonds is 8. The lowest BCUT2D eigenvalue weighted by Crippen LogP contribution is -2.61. The third-order valence-corrected chi connectivity index (χ3v) is 5.20. The molecule has 0 amide bonds. The molecule has 0 bridgehead atoms. The molecule has 1 aromatic heterocycles. The molecular formula is C18H31N3. The van der Waals surface area contributed by atoms with Gasteiger partial charge in [-0.2, -0.15) is 0 Å². The van der Waals surface area contributed by atoms with Crippen LogP contribution in [-0.4, -0.2) is 41.1 Å². The van der Waals surface area contributed by atoms with Gasteiger partial charge >= 0.3 is 0 Å². The standard InChI is InChI=1S/C18H31N3/c1-4-18(5-2,21-13-9-10-14-21)17(19-6-3)15-16-11-7-8-12-20-16/h7-8,11-12,17,19H,4-6,9-10,13-15H2,1-3H3. The molecule has 0 radical (unpaired) electrons. The lowest BCUT2D eigenvalue weighted by molar-refractivity contribution is 0.0623. The molecule has 1 unspecified atom stereocenters. The maximum atomic E-state index is 4.55. The lowest BCUT2D eigenvalue weighted by Gasteiger charge is -2.47. The molecule has 0 spiro atoms. The van der Waals surface area contributed by atoms with Gasteiger partial charge in [0.25, 0.3) is 0 Å². The molecule has 2 rings (SSSR count). The summed E-state index contributed by atoms with van der Waals surface area (Å²) >= 11 is 0. The number of hydrogen-bond donors (Lipinski definition) is 1. The smallest absolute Gasteiger partial charge is 0.0419 e. The highest BCUT2D eigenvalue weighted by Gasteiger charge is 2.41. The average molecular weight is 289 g/mol. The van der Waals surface area contributed by atoms with Gasteiger partial charge in [-0.05, 0) is 57.5 Å². The molecule has 0 aliphatic carbocycles. The van der Waals surface area contributed by atoms with Crippen LogP contribution in [0.1, 0.15) is 52.1 Å². The topological polar surface area (TPSA) is 28.2 Å². The lowest BCUT2D eigenvalue weighted by atomic mass is 9.80. The summed E-state index contributed by atoms with van der Waals surface area (Å²) in [5, 5.41) is 3.77. The predicted octanol–water partition coefficient (Wildman–Crippen LogP) is 3.26. The molecule has 0 aromatic carbocycles. The molecule has 1 N–H and O–H groups in total. The van der Waals surface area contributed by atoms with Gasteiger partial charge in [-0.1, -0.05) is 26.8 Å². The van der Waals surface area contributed by atoms with Crippen LogP contribution in [0.25, 0.3) is 0 Å². The van der Waals surface area contributed by atoms with Crippen molar-refractivity contribution in [3.05, 3.63) is 30.1 Å². The largest absolute Gasteiger partial charge is 0.312 e. The van der Waals surface area contributed by atoms with Crippen LogP contribution in [0, 0.1) is 0 Å². The van der Waals surface area contributed by atoms with Crippen LogP contribution < -0.4 is 5.32 Å². The molecule has 0 saturated carbocycles. The first-order valence-corrected chi connectivity index (χ1v) is 8.65. The Morgan fingerprint density at radius 3 is 2.43 bits per heavy atom. The quantitative estimate of drug-likeness (QED) is 0.796. The van der Waals surface area contributed by atoms with Crippen LogP contribution in [0.3, 0.4) is 0 Å². The van der Waals surface area contributed by atoms with Gasteiger partial charge in [0.2, 0.25) is 0 Å². The number of hydrogen-bond acceptors (Lipinski definition) is 3. The summed E-state index contributed by atoms with van der Waals surface area (Å²) < 4.78 is 0. The van der Waals surface area contributed by atoms with Gasteiger partial charge in [-0.15, -0.1) is 0 Å². The number of likely N-dealkylation sites (tertiary alicyclic amines) is 1. The molecule has 1 aliphatic heterocycles. The highest BCUT2D eigenvalue weighted by molar-refractivity contribution is 5.10. The first kappa shape index (κ1) is 16.4. The summed E-state index contributed by atoms with van der Waals surface area (Å²) in [4.78, 5) is 7.29. The molecule has 1 saturated heterocycles. The zero-order chi connectivity index (χ0) is 15.1. The maximum Gasteiger partial charge on any atom is 0.0419 e. The van der Waals surface area contributed by atoms with Crippen LogP contribution in [0.4, 0.5) is 0 Å². The van der Waals surface area contributed by atoms with E-state index in [-0.39, 0.29) is 5.54 Å². The Balaban J connectivity index is 2.23. The highest BCUT2D eigenvalue weighted by Crippen LogP contribution is 2.32. The SMILES string of the molecule is CCNC(Cc1ccccn1)C(CC)(CC)N1CCCC1. The number of pyridine rings is 1. The van der Waals surface area contributed by atoms with Crippen LogP contribution in [0.5, 0.6) is 0 Å². The van der Waals surface area contributed by atoms with Crippen LogP contribution in [-0.2, 0) is 6.42 Å². The zero-order valence-electron chi connectivity index (χ0n) is 13.9. The van der Waals surface area contributed by atoms with Gasteiger partial charge in [-0.3, -0.25) is 9.88 Å². The van der Waals surface area contributed by atoms with Crippen LogP contribution in [0.15, 0.2) is 24.4 Å². The third-order valence-electron chi connectivity index (χ3n) is 5.20. The molecule has 3 nitrogen and oxygen atoms in total. The molecule has 1 atom stereocenters. The number of aromatic nitrogens is 1. The van der Waals surface area contributed by atoms with Gasteiger partial charge in [0.05, 0.1) is 0 Å². The molecule has 1 aromatic rings. The second kappa shape index (κ2) is 7.90. The van der Waals surface area contributed by atoms with E-state index in [1.165, 1.54) is 44.5 Å². The minimum Gasteiger partial charge on any atom is -0.312 e. The molecular weight excluding hydrogens is 258 g/mol. The van der Waals surface area contributed by atoms with E-state index in [0.29, 0.717) is 6.04 Å². The molecule has 1 fully saturated rings. The summed E-state index contributed by atoms with van der Waals surface area (Å²) in [6.45, 7) is 10.4. The van der Waals surface area contributed by atoms with Crippen molar-refractivity contribution < 1.29 is 0 Å². The van der Waals surface area contributed by atoms with E-state index >= 15 is 0 Å². The summed E-state index contributed by atoms with van der Waals surface area (Å²) in [7, 11) is 0. The molecule has 21 heavy (non-hydrogen) atoms. The van der Waals surface area contributed by atoms with Crippen molar-refractivity contribution in [1.29, 1.82) is 0 Å². The fraction of sp³-hybridized carbons (Fsp3) is 0.722. The Morgan fingerprint density at radius 1 is 1.19 bits per heavy atom. The number of nitrogens with zero attached hydrogens (tertiary/aromatic N) is 2. The van der Waals surface area contributed by atoms with Crippen molar-refractivity contribution in [2.45, 2.75) is 64.5 Å². The van der Waals surface area contributed by atoms with Crippen molar-refractivity contribution in [2.24, 2.45) is 0 Å². The monoisotopic (exact) mass is 289 g/mol. The molecule has 1 aliphatic rings. The van der Waals surface area contributed by atoms with Crippen molar-refractivity contribution in [1.82, 2.24) is 15.2 Å². The summed E-state index contributed by atoms with van der Waals surface area (Å²) in [6, 6.07) is 6.73. The fourth-order valence-corrected chi connectivity index (χ4v) is 4.00. The first-order valence-electron chi connectivity index (χ1n) is 8.65. The second-order valence-electron chi connectivity index (χ2n) is 6.14. The normalized spacial score (nSPS) is 18.0. The van der Waals surface area contributed by atoms with E-state index in [4.69, 9.17) is 0 Å². The van der Waals surface area contributed by atoms with E-state index in [0.717, 1.165) is 13.0 Å². The van der Waals surface area contributed by atoms with E-state index in [1.54, 1.807) is 0 Å². The predicted molar refractivity (Wildman–Crippen MR) is 89.5 cm³/mol. The summed E-state index contributed by atoms with van der Waals surface area (Å²) in [5.41, 5.74) is 1.47. The van der Waals surface area contributed by atoms with Gasteiger partial charge in [0, 0.05) is 29.9 Å². The van der Waals surface area contributed by atoms with Gasteiger partial charge in [0.15, 0.2) is 0 Å². The van der Waals surface area contributed by atoms with Crippen molar-refractivity contribution in [3.63, 3.8) is 0 Å². The Bertz CT molecular complexity index is 394. The molecule has 3 heteroatoms. The molecule has 118 valence electrons. The first-order chi connectivity index (χ1) is 10.3. The van der Waals surface area contributed by atoms with Crippen LogP contribution in [0.2, 0.25) is 0 Å². The van der Waals surface area contributed by atoms with Gasteiger partial charge < -0.3 is 5.32 Å². The van der Waals surface area contributed by atoms with Crippen molar-refractivity contribution in [3.8, 4) is 0 Å². The van der Waals surface area contributed by atoms with Crippen LogP contribution >= 0.6 is 0 Å². The number of nitrogens with one attached hydrogen (secondary N) is 1. The van der Waals surface area contributed by atoms with Gasteiger partial charge in [0.1, 0.15) is 0 Å². The van der Waals surface area contributed by atoms with Crippen molar-refractivity contribution >= 4 is 0 Å². The average Bonchev–Trinajstić information content (AvgIpc) is 3.05.